The zero-order chi connectivity index (χ0) is 12.3. The van der Waals surface area contributed by atoms with Crippen molar-refractivity contribution in [2.75, 3.05) is 11.9 Å². The minimum absolute atomic E-state index is 1.27. The molecule has 0 saturated heterocycles. The van der Waals surface area contributed by atoms with E-state index in [1.807, 2.05) is 24.8 Å². The SMILES string of the molecule is C/C=C\C=C/C1=C(C)Sc2ccccc2N1C. The van der Waals surface area contributed by atoms with Crippen LogP contribution in [0.15, 0.2) is 64.1 Å². The molecule has 0 fully saturated rings. The minimum atomic E-state index is 1.27. The fraction of sp³-hybridized carbons (Fsp3) is 0.200. The number of benzene rings is 1. The molecular weight excluding hydrogens is 226 g/mol. The van der Waals surface area contributed by atoms with Crippen molar-refractivity contribution in [2.24, 2.45) is 0 Å². The number of likely N-dealkylation sites (N-methyl/N-ethyl adjacent to an activating group) is 1. The summed E-state index contributed by atoms with van der Waals surface area (Å²) in [5, 5.41) is 0. The largest absolute Gasteiger partial charge is 0.343 e. The molecule has 2 heteroatoms. The van der Waals surface area contributed by atoms with E-state index in [4.69, 9.17) is 0 Å². The fourth-order valence-corrected chi connectivity index (χ4v) is 2.99. The van der Waals surface area contributed by atoms with Crippen LogP contribution < -0.4 is 4.90 Å². The van der Waals surface area contributed by atoms with E-state index >= 15 is 0 Å². The summed E-state index contributed by atoms with van der Waals surface area (Å²) >= 11 is 1.84. The molecule has 17 heavy (non-hydrogen) atoms. The van der Waals surface area contributed by atoms with Gasteiger partial charge in [-0.1, -0.05) is 42.1 Å². The average molecular weight is 243 g/mol. The monoisotopic (exact) mass is 243 g/mol. The topological polar surface area (TPSA) is 3.24 Å². The van der Waals surface area contributed by atoms with Crippen molar-refractivity contribution in [2.45, 2.75) is 18.7 Å². The smallest absolute Gasteiger partial charge is 0.0550 e. The Hall–Kier alpha value is -1.41. The molecule has 0 amide bonds. The highest BCUT2D eigenvalue weighted by Gasteiger charge is 2.18. The van der Waals surface area contributed by atoms with Crippen LogP contribution in [0.2, 0.25) is 0 Å². The highest BCUT2D eigenvalue weighted by molar-refractivity contribution is 8.03. The number of anilines is 1. The Morgan fingerprint density at radius 1 is 1.18 bits per heavy atom. The van der Waals surface area contributed by atoms with Crippen molar-refractivity contribution >= 4 is 17.4 Å². The lowest BCUT2D eigenvalue weighted by atomic mass is 10.2. The van der Waals surface area contributed by atoms with Gasteiger partial charge in [0.15, 0.2) is 0 Å². The van der Waals surface area contributed by atoms with Gasteiger partial charge in [-0.05, 0) is 32.1 Å². The van der Waals surface area contributed by atoms with Crippen LogP contribution in [0, 0.1) is 0 Å². The summed E-state index contributed by atoms with van der Waals surface area (Å²) in [6, 6.07) is 8.52. The highest BCUT2D eigenvalue weighted by atomic mass is 32.2. The van der Waals surface area contributed by atoms with Gasteiger partial charge in [-0.2, -0.15) is 0 Å². The van der Waals surface area contributed by atoms with Crippen molar-refractivity contribution < 1.29 is 0 Å². The molecule has 0 saturated carbocycles. The van der Waals surface area contributed by atoms with Gasteiger partial charge in [-0.3, -0.25) is 0 Å². The second kappa shape index (κ2) is 5.28. The van der Waals surface area contributed by atoms with Crippen molar-refractivity contribution in [3.63, 3.8) is 0 Å². The van der Waals surface area contributed by atoms with Gasteiger partial charge in [0.2, 0.25) is 0 Å². The number of nitrogens with zero attached hydrogens (tertiary/aromatic N) is 1. The first kappa shape index (κ1) is 12.1. The van der Waals surface area contributed by atoms with E-state index in [2.05, 4.69) is 61.4 Å². The number of allylic oxidation sites excluding steroid dienone is 5. The second-order valence-electron chi connectivity index (χ2n) is 3.96. The molecule has 0 atom stereocenters. The molecule has 0 aromatic heterocycles. The maximum atomic E-state index is 2.25. The summed E-state index contributed by atoms with van der Waals surface area (Å²) in [5.41, 5.74) is 2.55. The van der Waals surface area contributed by atoms with Crippen molar-refractivity contribution in [1.29, 1.82) is 0 Å². The van der Waals surface area contributed by atoms with Gasteiger partial charge in [0, 0.05) is 16.8 Å². The van der Waals surface area contributed by atoms with Gasteiger partial charge in [-0.25, -0.2) is 0 Å². The molecule has 1 aromatic rings. The summed E-state index contributed by atoms with van der Waals surface area (Å²) in [7, 11) is 2.12. The molecule has 1 nitrogen and oxygen atoms in total. The standard InChI is InChI=1S/C15H17NS/c1-4-5-6-9-13-12(2)17-15-11-8-7-10-14(15)16(13)3/h4-11H,1-3H3/b5-4-,9-6-. The van der Waals surface area contributed by atoms with E-state index in [1.54, 1.807) is 0 Å². The maximum absolute atomic E-state index is 2.25. The zero-order valence-electron chi connectivity index (χ0n) is 10.5. The zero-order valence-corrected chi connectivity index (χ0v) is 11.3. The van der Waals surface area contributed by atoms with E-state index in [-0.39, 0.29) is 0 Å². The van der Waals surface area contributed by atoms with Gasteiger partial charge in [-0.15, -0.1) is 0 Å². The molecule has 1 aliphatic heterocycles. The third-order valence-electron chi connectivity index (χ3n) is 2.77. The van der Waals surface area contributed by atoms with Gasteiger partial charge in [0.05, 0.1) is 11.4 Å². The Labute approximate surface area is 108 Å². The van der Waals surface area contributed by atoms with Gasteiger partial charge >= 0.3 is 0 Å². The minimum Gasteiger partial charge on any atom is -0.343 e. The van der Waals surface area contributed by atoms with E-state index in [9.17, 15) is 0 Å². The molecule has 0 unspecified atom stereocenters. The second-order valence-corrected chi connectivity index (χ2v) is 5.21. The van der Waals surface area contributed by atoms with E-state index < -0.39 is 0 Å². The highest BCUT2D eigenvalue weighted by Crippen LogP contribution is 2.42. The molecule has 88 valence electrons. The lowest BCUT2D eigenvalue weighted by Gasteiger charge is -2.29. The molecule has 0 aliphatic carbocycles. The van der Waals surface area contributed by atoms with E-state index in [1.165, 1.54) is 21.2 Å². The van der Waals surface area contributed by atoms with Gasteiger partial charge in [0.1, 0.15) is 0 Å². The Morgan fingerprint density at radius 3 is 2.71 bits per heavy atom. The van der Waals surface area contributed by atoms with Crippen LogP contribution in [-0.4, -0.2) is 7.05 Å². The summed E-state index contributed by atoms with van der Waals surface area (Å²) in [4.78, 5) is 4.92. The summed E-state index contributed by atoms with van der Waals surface area (Å²) in [5.74, 6) is 0. The molecule has 1 aromatic carbocycles. The average Bonchev–Trinajstić information content (AvgIpc) is 2.33. The molecule has 0 N–H and O–H groups in total. The molecular formula is C15H17NS. The molecule has 2 rings (SSSR count). The number of thioether (sulfide) groups is 1. The molecule has 0 radical (unpaired) electrons. The lowest BCUT2D eigenvalue weighted by Crippen LogP contribution is -2.19. The summed E-state index contributed by atoms with van der Waals surface area (Å²) in [6.45, 7) is 4.20. The Kier molecular flexibility index (Phi) is 3.75. The summed E-state index contributed by atoms with van der Waals surface area (Å²) in [6.07, 6.45) is 8.34. The predicted octanol–water partition coefficient (Wildman–Crippen LogP) is 4.59. The first-order valence-corrected chi connectivity index (χ1v) is 6.56. The van der Waals surface area contributed by atoms with Crippen LogP contribution in [0.1, 0.15) is 13.8 Å². The lowest BCUT2D eigenvalue weighted by molar-refractivity contribution is 1.08. The van der Waals surface area contributed by atoms with Crippen molar-refractivity contribution in [1.82, 2.24) is 0 Å². The van der Waals surface area contributed by atoms with Gasteiger partial charge in [0.25, 0.3) is 0 Å². The Morgan fingerprint density at radius 2 is 1.94 bits per heavy atom. The first-order valence-electron chi connectivity index (χ1n) is 5.75. The maximum Gasteiger partial charge on any atom is 0.0550 e. The van der Waals surface area contributed by atoms with E-state index in [0.717, 1.165) is 0 Å². The Balaban J connectivity index is 2.35. The molecule has 1 heterocycles. The van der Waals surface area contributed by atoms with Crippen LogP contribution in [0.4, 0.5) is 5.69 Å². The predicted molar refractivity (Wildman–Crippen MR) is 77.4 cm³/mol. The molecule has 0 bridgehead atoms. The van der Waals surface area contributed by atoms with Crippen LogP contribution in [-0.2, 0) is 0 Å². The van der Waals surface area contributed by atoms with Crippen LogP contribution in [0.25, 0.3) is 0 Å². The van der Waals surface area contributed by atoms with Crippen LogP contribution in [0.3, 0.4) is 0 Å². The number of para-hydroxylation sites is 1. The summed E-state index contributed by atoms with van der Waals surface area (Å²) < 4.78 is 0. The third kappa shape index (κ3) is 2.47. The molecule has 1 aliphatic rings. The Bertz CT molecular complexity index is 497. The van der Waals surface area contributed by atoms with Crippen molar-refractivity contribution in [3.8, 4) is 0 Å². The quantitative estimate of drug-likeness (QED) is 0.699. The van der Waals surface area contributed by atoms with Crippen LogP contribution in [0.5, 0.6) is 0 Å². The van der Waals surface area contributed by atoms with Crippen molar-refractivity contribution in [3.05, 3.63) is 59.2 Å². The number of hydrogen-bond acceptors (Lipinski definition) is 2. The number of hydrogen-bond donors (Lipinski definition) is 0. The third-order valence-corrected chi connectivity index (χ3v) is 3.85. The first-order chi connectivity index (χ1) is 8.24. The normalized spacial score (nSPS) is 16.1. The number of fused-ring (bicyclic) bond motifs is 1. The van der Waals surface area contributed by atoms with Gasteiger partial charge < -0.3 is 4.90 Å². The molecule has 0 spiro atoms. The van der Waals surface area contributed by atoms with E-state index in [0.29, 0.717) is 0 Å². The number of rotatable bonds is 2. The van der Waals surface area contributed by atoms with Crippen LogP contribution >= 0.6 is 11.8 Å². The fourth-order valence-electron chi connectivity index (χ4n) is 1.89.